The number of aromatic nitrogens is 4. The second-order valence-corrected chi connectivity index (χ2v) is 5.53. The summed E-state index contributed by atoms with van der Waals surface area (Å²) in [5.41, 5.74) is 0.347. The van der Waals surface area contributed by atoms with Crippen LogP contribution in [0.2, 0.25) is 0 Å². The van der Waals surface area contributed by atoms with Crippen molar-refractivity contribution in [2.45, 2.75) is 0 Å². The third-order valence-electron chi connectivity index (χ3n) is 3.85. The second-order valence-electron chi connectivity index (χ2n) is 5.53. The first-order valence-corrected chi connectivity index (χ1v) is 7.72. The lowest BCUT2D eigenvalue weighted by molar-refractivity contribution is 0.102. The molecule has 0 saturated carbocycles. The molecule has 0 spiro atoms. The van der Waals surface area contributed by atoms with Crippen LogP contribution >= 0.6 is 0 Å². The first-order chi connectivity index (χ1) is 12.6. The molecule has 0 aliphatic heterocycles. The second kappa shape index (κ2) is 6.25. The Bertz CT molecular complexity index is 1180. The number of amides is 1. The largest absolute Gasteiger partial charge is 0.318 e. The van der Waals surface area contributed by atoms with Crippen LogP contribution in [0.4, 0.5) is 10.1 Å². The number of halogens is 1. The fourth-order valence-electron chi connectivity index (χ4n) is 2.63. The lowest BCUT2D eigenvalue weighted by Crippen LogP contribution is -2.19. The van der Waals surface area contributed by atoms with Crippen molar-refractivity contribution in [1.29, 1.82) is 0 Å². The summed E-state index contributed by atoms with van der Waals surface area (Å²) in [4.78, 5) is 24.4. The van der Waals surface area contributed by atoms with E-state index in [1.165, 1.54) is 23.1 Å². The molecule has 0 unspecified atom stereocenters. The molecular formula is C18H12FN5O2. The van der Waals surface area contributed by atoms with Crippen molar-refractivity contribution < 1.29 is 9.18 Å². The van der Waals surface area contributed by atoms with Gasteiger partial charge < -0.3 is 5.32 Å². The highest BCUT2D eigenvalue weighted by molar-refractivity contribution is 6.10. The Morgan fingerprint density at radius 2 is 1.81 bits per heavy atom. The topological polar surface area (TPSA) is 92.7 Å². The number of nitrogens with zero attached hydrogens (tertiary/aromatic N) is 3. The molecule has 4 rings (SSSR count). The molecule has 0 aliphatic carbocycles. The maximum absolute atomic E-state index is 13.8. The number of hydrogen-bond donors (Lipinski definition) is 2. The average Bonchev–Trinajstić information content (AvgIpc) is 3.11. The number of nitrogens with one attached hydrogen (secondary N) is 2. The van der Waals surface area contributed by atoms with Gasteiger partial charge in [0.25, 0.3) is 11.5 Å². The van der Waals surface area contributed by atoms with Crippen molar-refractivity contribution in [3.63, 3.8) is 0 Å². The smallest absolute Gasteiger partial charge is 0.276 e. The van der Waals surface area contributed by atoms with E-state index in [9.17, 15) is 14.0 Å². The zero-order chi connectivity index (χ0) is 18.1. The number of benzene rings is 2. The summed E-state index contributed by atoms with van der Waals surface area (Å²) in [7, 11) is 0. The van der Waals surface area contributed by atoms with Crippen LogP contribution in [-0.4, -0.2) is 25.9 Å². The van der Waals surface area contributed by atoms with Gasteiger partial charge in [-0.25, -0.2) is 14.2 Å². The van der Waals surface area contributed by atoms with E-state index in [0.29, 0.717) is 16.5 Å². The number of H-pyrrole nitrogens is 1. The van der Waals surface area contributed by atoms with Crippen LogP contribution in [0.25, 0.3) is 16.5 Å². The molecule has 26 heavy (non-hydrogen) atoms. The van der Waals surface area contributed by atoms with Gasteiger partial charge in [0.2, 0.25) is 0 Å². The Balaban J connectivity index is 1.65. The Morgan fingerprint density at radius 3 is 2.62 bits per heavy atom. The van der Waals surface area contributed by atoms with Crippen LogP contribution in [-0.2, 0) is 0 Å². The van der Waals surface area contributed by atoms with Gasteiger partial charge in [0.15, 0.2) is 5.69 Å². The number of rotatable bonds is 3. The first kappa shape index (κ1) is 15.7. The van der Waals surface area contributed by atoms with Crippen molar-refractivity contribution in [2.75, 3.05) is 5.32 Å². The lowest BCUT2D eigenvalue weighted by Gasteiger charge is -2.05. The van der Waals surface area contributed by atoms with E-state index in [2.05, 4.69) is 20.6 Å². The molecule has 7 nitrogen and oxygen atoms in total. The fraction of sp³-hybridized carbons (Fsp3) is 0. The summed E-state index contributed by atoms with van der Waals surface area (Å²) < 4.78 is 15.2. The van der Waals surface area contributed by atoms with Gasteiger partial charge in [-0.15, -0.1) is 0 Å². The summed E-state index contributed by atoms with van der Waals surface area (Å²) in [5.74, 6) is -0.938. The van der Waals surface area contributed by atoms with Gasteiger partial charge in [0.05, 0.1) is 23.5 Å². The summed E-state index contributed by atoms with van der Waals surface area (Å²) in [6, 6.07) is 12.9. The molecule has 1 amide bonds. The van der Waals surface area contributed by atoms with Gasteiger partial charge >= 0.3 is 0 Å². The van der Waals surface area contributed by atoms with E-state index < -0.39 is 11.7 Å². The third kappa shape index (κ3) is 2.73. The molecule has 0 atom stereocenters. The standard InChI is InChI=1S/C18H12FN5O2/c19-14-7-3-4-8-15(14)24-10-11(9-20-24)21-18(26)16-12-5-1-2-6-13(12)17(25)23-22-16/h1-10H,(H,21,26)(H,23,25). The predicted octanol–water partition coefficient (Wildman–Crippen LogP) is 2.50. The molecule has 2 N–H and O–H groups in total. The number of anilines is 1. The van der Waals surface area contributed by atoms with Crippen LogP contribution in [0.5, 0.6) is 0 Å². The average molecular weight is 349 g/mol. The molecule has 2 aromatic carbocycles. The van der Waals surface area contributed by atoms with E-state index >= 15 is 0 Å². The number of hydrogen-bond acceptors (Lipinski definition) is 4. The number of carbonyl (C=O) groups excluding carboxylic acids is 1. The SMILES string of the molecule is O=C(Nc1cnn(-c2ccccc2F)c1)c1n[nH]c(=O)c2ccccc12. The van der Waals surface area contributed by atoms with Crippen LogP contribution in [0, 0.1) is 5.82 Å². The zero-order valence-corrected chi connectivity index (χ0v) is 13.3. The number of fused-ring (bicyclic) bond motifs is 1. The molecule has 0 fully saturated rings. The van der Waals surface area contributed by atoms with E-state index in [1.54, 1.807) is 42.5 Å². The van der Waals surface area contributed by atoms with Gasteiger partial charge in [-0.1, -0.05) is 30.3 Å². The third-order valence-corrected chi connectivity index (χ3v) is 3.85. The van der Waals surface area contributed by atoms with Crippen LogP contribution in [0.1, 0.15) is 10.5 Å². The molecule has 0 saturated heterocycles. The highest BCUT2D eigenvalue weighted by atomic mass is 19.1. The van der Waals surface area contributed by atoms with E-state index in [1.807, 2.05) is 0 Å². The number of aromatic amines is 1. The van der Waals surface area contributed by atoms with E-state index in [4.69, 9.17) is 0 Å². The minimum atomic E-state index is -0.509. The molecular weight excluding hydrogens is 337 g/mol. The van der Waals surface area contributed by atoms with Crippen LogP contribution in [0.15, 0.2) is 65.7 Å². The monoisotopic (exact) mass is 349 g/mol. The van der Waals surface area contributed by atoms with E-state index in [-0.39, 0.29) is 16.9 Å². The highest BCUT2D eigenvalue weighted by Gasteiger charge is 2.15. The number of para-hydroxylation sites is 1. The van der Waals surface area contributed by atoms with Gasteiger partial charge in [-0.05, 0) is 18.2 Å². The van der Waals surface area contributed by atoms with Gasteiger partial charge in [-0.3, -0.25) is 9.59 Å². The molecule has 128 valence electrons. The predicted molar refractivity (Wildman–Crippen MR) is 93.8 cm³/mol. The van der Waals surface area contributed by atoms with Crippen LogP contribution in [0.3, 0.4) is 0 Å². The Hall–Kier alpha value is -3.81. The van der Waals surface area contributed by atoms with Gasteiger partial charge in [0.1, 0.15) is 11.5 Å². The van der Waals surface area contributed by atoms with Crippen molar-refractivity contribution in [1.82, 2.24) is 20.0 Å². The van der Waals surface area contributed by atoms with Crippen molar-refractivity contribution in [2.24, 2.45) is 0 Å². The van der Waals surface area contributed by atoms with Crippen molar-refractivity contribution in [3.8, 4) is 5.69 Å². The molecule has 8 heteroatoms. The number of carbonyl (C=O) groups is 1. The summed E-state index contributed by atoms with van der Waals surface area (Å²) in [6.45, 7) is 0. The molecule has 2 aromatic heterocycles. The summed E-state index contributed by atoms with van der Waals surface area (Å²) in [6.07, 6.45) is 2.89. The Morgan fingerprint density at radius 1 is 1.08 bits per heavy atom. The van der Waals surface area contributed by atoms with Crippen molar-refractivity contribution in [3.05, 3.63) is 82.8 Å². The summed E-state index contributed by atoms with van der Waals surface area (Å²) >= 11 is 0. The van der Waals surface area contributed by atoms with Crippen molar-refractivity contribution >= 4 is 22.4 Å². The maximum atomic E-state index is 13.8. The summed E-state index contributed by atoms with van der Waals surface area (Å²) in [5, 5.41) is 13.7. The molecule has 0 radical (unpaired) electrons. The maximum Gasteiger partial charge on any atom is 0.276 e. The highest BCUT2D eigenvalue weighted by Crippen LogP contribution is 2.17. The lowest BCUT2D eigenvalue weighted by atomic mass is 10.1. The molecule has 0 bridgehead atoms. The van der Waals surface area contributed by atoms with E-state index in [0.717, 1.165) is 0 Å². The fourth-order valence-corrected chi connectivity index (χ4v) is 2.63. The zero-order valence-electron chi connectivity index (χ0n) is 13.3. The first-order valence-electron chi connectivity index (χ1n) is 7.72. The normalized spacial score (nSPS) is 10.8. The Kier molecular flexibility index (Phi) is 3.77. The molecule has 2 heterocycles. The van der Waals surface area contributed by atoms with Crippen LogP contribution < -0.4 is 10.9 Å². The minimum absolute atomic E-state index is 0.0823. The van der Waals surface area contributed by atoms with Gasteiger partial charge in [0, 0.05) is 5.39 Å². The minimum Gasteiger partial charge on any atom is -0.318 e. The Labute approximate surface area is 146 Å². The molecule has 0 aliphatic rings. The van der Waals surface area contributed by atoms with Gasteiger partial charge in [-0.2, -0.15) is 10.2 Å². The quantitative estimate of drug-likeness (QED) is 0.594. The molecule has 4 aromatic rings.